The van der Waals surface area contributed by atoms with Gasteiger partial charge in [-0.3, -0.25) is 4.79 Å². The molecule has 148 valence electrons. The molecule has 1 fully saturated rings. The molecule has 1 amide bonds. The summed E-state index contributed by atoms with van der Waals surface area (Å²) in [7, 11) is 0. The Balaban J connectivity index is 1.31. The van der Waals surface area contributed by atoms with Crippen molar-refractivity contribution < 1.29 is 9.18 Å². The first-order valence-electron chi connectivity index (χ1n) is 9.77. The number of hydrogen-bond acceptors (Lipinski definition) is 4. The number of aromatic nitrogens is 4. The molecule has 0 saturated carbocycles. The lowest BCUT2D eigenvalue weighted by Gasteiger charge is -2.06. The van der Waals surface area contributed by atoms with Crippen molar-refractivity contribution in [1.82, 2.24) is 30.4 Å². The summed E-state index contributed by atoms with van der Waals surface area (Å²) in [4.78, 5) is 19.9. The Morgan fingerprint density at radius 1 is 1.31 bits per heavy atom. The van der Waals surface area contributed by atoms with Gasteiger partial charge in [0.2, 0.25) is 0 Å². The van der Waals surface area contributed by atoms with E-state index >= 15 is 0 Å². The SMILES string of the molecule is O=C(NCCn1nc([C@@H]2CCNC2)c2cccnc21)c1cc2ccc(F)cc2[nH]1. The van der Waals surface area contributed by atoms with Gasteiger partial charge >= 0.3 is 0 Å². The number of nitrogens with one attached hydrogen (secondary N) is 3. The zero-order valence-electron chi connectivity index (χ0n) is 15.8. The highest BCUT2D eigenvalue weighted by molar-refractivity contribution is 5.98. The molecular weight excluding hydrogens is 371 g/mol. The summed E-state index contributed by atoms with van der Waals surface area (Å²) in [5.74, 6) is -0.173. The predicted molar refractivity (Wildman–Crippen MR) is 108 cm³/mol. The van der Waals surface area contributed by atoms with Gasteiger partial charge in [-0.2, -0.15) is 5.10 Å². The Kier molecular flexibility index (Phi) is 4.48. The molecule has 1 aliphatic heterocycles. The summed E-state index contributed by atoms with van der Waals surface area (Å²) in [6.45, 7) is 2.87. The maximum absolute atomic E-state index is 13.3. The molecule has 1 aromatic carbocycles. The average molecular weight is 392 g/mol. The molecule has 0 aliphatic carbocycles. The highest BCUT2D eigenvalue weighted by atomic mass is 19.1. The van der Waals surface area contributed by atoms with E-state index in [0.717, 1.165) is 41.6 Å². The standard InChI is InChI=1S/C21H21FN6O/c22-15-4-3-13-10-18(26-17(13)11-15)21(29)25-8-9-28-20-16(2-1-6-24-20)19(27-28)14-5-7-23-12-14/h1-4,6,10-11,14,23,26H,5,7-9,12H2,(H,25,29)/t14-/m1/s1. The van der Waals surface area contributed by atoms with Crippen LogP contribution in [-0.4, -0.2) is 45.3 Å². The van der Waals surface area contributed by atoms with Crippen LogP contribution in [0.25, 0.3) is 21.9 Å². The number of H-pyrrole nitrogens is 1. The summed E-state index contributed by atoms with van der Waals surface area (Å²) in [6, 6.07) is 10.1. The topological polar surface area (TPSA) is 87.6 Å². The first kappa shape index (κ1) is 17.8. The van der Waals surface area contributed by atoms with Gasteiger partial charge in [-0.1, -0.05) is 0 Å². The molecule has 7 nitrogen and oxygen atoms in total. The van der Waals surface area contributed by atoms with Crippen LogP contribution in [0.3, 0.4) is 0 Å². The Labute approximate surface area is 166 Å². The van der Waals surface area contributed by atoms with Crippen molar-refractivity contribution in [2.24, 2.45) is 0 Å². The van der Waals surface area contributed by atoms with Gasteiger partial charge in [0.15, 0.2) is 5.65 Å². The molecule has 5 rings (SSSR count). The van der Waals surface area contributed by atoms with E-state index < -0.39 is 0 Å². The van der Waals surface area contributed by atoms with Crippen LogP contribution in [0.1, 0.15) is 28.5 Å². The normalized spacial score (nSPS) is 16.7. The van der Waals surface area contributed by atoms with Crippen LogP contribution in [-0.2, 0) is 6.54 Å². The number of amides is 1. The summed E-state index contributed by atoms with van der Waals surface area (Å²) >= 11 is 0. The van der Waals surface area contributed by atoms with Crippen molar-refractivity contribution in [3.63, 3.8) is 0 Å². The zero-order valence-corrected chi connectivity index (χ0v) is 15.8. The Bertz CT molecular complexity index is 1190. The minimum absolute atomic E-state index is 0.230. The minimum atomic E-state index is -0.336. The van der Waals surface area contributed by atoms with Crippen molar-refractivity contribution in [1.29, 1.82) is 0 Å². The Morgan fingerprint density at radius 2 is 2.24 bits per heavy atom. The van der Waals surface area contributed by atoms with E-state index in [2.05, 4.69) is 26.7 Å². The summed E-state index contributed by atoms with van der Waals surface area (Å²) in [6.07, 6.45) is 2.83. The molecular formula is C21H21FN6O. The van der Waals surface area contributed by atoms with Gasteiger partial charge in [0.05, 0.1) is 12.2 Å². The molecule has 0 bridgehead atoms. The molecule has 1 atom stereocenters. The third-order valence-corrected chi connectivity index (χ3v) is 5.42. The fourth-order valence-corrected chi connectivity index (χ4v) is 3.97. The number of halogens is 1. The van der Waals surface area contributed by atoms with Crippen molar-refractivity contribution in [2.75, 3.05) is 19.6 Å². The van der Waals surface area contributed by atoms with E-state index in [-0.39, 0.29) is 11.7 Å². The van der Waals surface area contributed by atoms with Gasteiger partial charge in [0.25, 0.3) is 5.91 Å². The molecule has 4 aromatic rings. The van der Waals surface area contributed by atoms with Gasteiger partial charge in [-0.25, -0.2) is 14.1 Å². The van der Waals surface area contributed by atoms with Crippen LogP contribution < -0.4 is 10.6 Å². The van der Waals surface area contributed by atoms with Crippen LogP contribution in [0.2, 0.25) is 0 Å². The van der Waals surface area contributed by atoms with Gasteiger partial charge in [0.1, 0.15) is 11.5 Å². The molecule has 8 heteroatoms. The monoisotopic (exact) mass is 392 g/mol. The van der Waals surface area contributed by atoms with Crippen LogP contribution in [0, 0.1) is 5.82 Å². The Hall–Kier alpha value is -3.26. The zero-order chi connectivity index (χ0) is 19.8. The second kappa shape index (κ2) is 7.29. The van der Waals surface area contributed by atoms with E-state index in [0.29, 0.717) is 30.2 Å². The van der Waals surface area contributed by atoms with E-state index in [1.54, 1.807) is 18.3 Å². The first-order chi connectivity index (χ1) is 14.2. The fraction of sp³-hybridized carbons (Fsp3) is 0.286. The predicted octanol–water partition coefficient (Wildman–Crippen LogP) is 2.56. The van der Waals surface area contributed by atoms with Gasteiger partial charge in [-0.05, 0) is 49.4 Å². The second-order valence-electron chi connectivity index (χ2n) is 7.34. The molecule has 3 N–H and O–H groups in total. The quantitative estimate of drug-likeness (QED) is 0.487. The number of aromatic amines is 1. The van der Waals surface area contributed by atoms with Crippen molar-refractivity contribution >= 4 is 27.8 Å². The number of fused-ring (bicyclic) bond motifs is 2. The average Bonchev–Trinajstić information content (AvgIpc) is 3.46. The number of nitrogens with zero attached hydrogens (tertiary/aromatic N) is 3. The van der Waals surface area contributed by atoms with E-state index in [9.17, 15) is 9.18 Å². The summed E-state index contributed by atoms with van der Waals surface area (Å²) in [5.41, 5.74) is 2.92. The molecule has 0 spiro atoms. The smallest absolute Gasteiger partial charge is 0.267 e. The maximum Gasteiger partial charge on any atom is 0.267 e. The maximum atomic E-state index is 13.3. The molecule has 1 saturated heterocycles. The number of carbonyl (C=O) groups excluding carboxylic acids is 1. The van der Waals surface area contributed by atoms with Crippen LogP contribution in [0.5, 0.6) is 0 Å². The second-order valence-corrected chi connectivity index (χ2v) is 7.34. The molecule has 0 radical (unpaired) electrons. The van der Waals surface area contributed by atoms with E-state index in [1.807, 2.05) is 10.7 Å². The third-order valence-electron chi connectivity index (χ3n) is 5.42. The lowest BCUT2D eigenvalue weighted by atomic mass is 10.0. The molecule has 4 heterocycles. The van der Waals surface area contributed by atoms with Crippen LogP contribution in [0.15, 0.2) is 42.6 Å². The van der Waals surface area contributed by atoms with Crippen LogP contribution >= 0.6 is 0 Å². The minimum Gasteiger partial charge on any atom is -0.350 e. The number of rotatable bonds is 5. The van der Waals surface area contributed by atoms with Crippen molar-refractivity contribution in [3.8, 4) is 0 Å². The summed E-state index contributed by atoms with van der Waals surface area (Å²) in [5, 5.41) is 13.0. The van der Waals surface area contributed by atoms with Crippen molar-refractivity contribution in [3.05, 3.63) is 59.8 Å². The van der Waals surface area contributed by atoms with Gasteiger partial charge < -0.3 is 15.6 Å². The molecule has 29 heavy (non-hydrogen) atoms. The number of carbonyl (C=O) groups is 1. The lowest BCUT2D eigenvalue weighted by molar-refractivity contribution is 0.0948. The highest BCUT2D eigenvalue weighted by Gasteiger charge is 2.23. The molecule has 0 unspecified atom stereocenters. The Morgan fingerprint density at radius 3 is 3.10 bits per heavy atom. The molecule has 3 aromatic heterocycles. The van der Waals surface area contributed by atoms with E-state index in [1.165, 1.54) is 12.1 Å². The van der Waals surface area contributed by atoms with Crippen LogP contribution in [0.4, 0.5) is 4.39 Å². The highest BCUT2D eigenvalue weighted by Crippen LogP contribution is 2.27. The number of pyridine rings is 1. The largest absolute Gasteiger partial charge is 0.350 e. The molecule has 1 aliphatic rings. The lowest BCUT2D eigenvalue weighted by Crippen LogP contribution is -2.27. The number of benzene rings is 1. The first-order valence-corrected chi connectivity index (χ1v) is 9.77. The third kappa shape index (κ3) is 3.36. The van der Waals surface area contributed by atoms with Gasteiger partial charge in [-0.15, -0.1) is 0 Å². The fourth-order valence-electron chi connectivity index (χ4n) is 3.97. The summed E-state index contributed by atoms with van der Waals surface area (Å²) < 4.78 is 15.2. The van der Waals surface area contributed by atoms with E-state index in [4.69, 9.17) is 5.10 Å². The van der Waals surface area contributed by atoms with Crippen molar-refractivity contribution in [2.45, 2.75) is 18.9 Å². The van der Waals surface area contributed by atoms with Gasteiger partial charge in [0, 0.05) is 41.5 Å². The number of hydrogen-bond donors (Lipinski definition) is 3.